The van der Waals surface area contributed by atoms with Crippen LogP contribution in [0.5, 0.6) is 11.8 Å². The van der Waals surface area contributed by atoms with E-state index in [2.05, 4.69) is 146 Å². The van der Waals surface area contributed by atoms with E-state index in [1.54, 1.807) is 0 Å². The molecule has 61 heavy (non-hydrogen) atoms. The average molecular weight is 980 g/mol. The van der Waals surface area contributed by atoms with Crippen molar-refractivity contribution in [1.29, 1.82) is 0 Å². The Morgan fingerprint density at radius 2 is 1.23 bits per heavy atom. The summed E-state index contributed by atoms with van der Waals surface area (Å²) in [6.07, 6.45) is 7.04. The predicted molar refractivity (Wildman–Crippen MR) is 247 cm³/mol. The monoisotopic (exact) mass is 979 g/mol. The number of hydrogen-bond donors (Lipinski definition) is 0. The molecule has 0 bridgehead atoms. The largest absolute Gasteiger partial charge is 2.00 e. The minimum atomic E-state index is 0. The normalized spacial score (nSPS) is 19.6. The van der Waals surface area contributed by atoms with E-state index in [1.165, 1.54) is 69.8 Å². The maximum Gasteiger partial charge on any atom is 2.00 e. The average Bonchev–Trinajstić information content (AvgIpc) is 3.71. The minimum absolute atomic E-state index is 0. The SMILES string of the molecule is CC(C)(C)C1CCC(c2cc(Oc3cccc(-c4[c-]ccc(-c5ccc6cc7c(cc6c5)CC5(C7)C(C)(C)c6ccccc6C5(C)C)c4)n3)nc(-c3[c-]cccc3)c2)CC1.[Pt+2]. The second kappa shape index (κ2) is 15.5. The molecule has 0 atom stereocenters. The van der Waals surface area contributed by atoms with Gasteiger partial charge in [-0.2, -0.15) is 0 Å². The van der Waals surface area contributed by atoms with Crippen molar-refractivity contribution in [3.8, 4) is 45.4 Å². The van der Waals surface area contributed by atoms with Gasteiger partial charge in [-0.3, -0.25) is 9.97 Å². The Labute approximate surface area is 377 Å². The summed E-state index contributed by atoms with van der Waals surface area (Å²) in [7, 11) is 0. The number of rotatable bonds is 6. The van der Waals surface area contributed by atoms with Crippen LogP contribution in [-0.2, 0) is 44.7 Å². The molecular formula is C57H56N2OPt. The molecule has 0 radical (unpaired) electrons. The molecule has 0 N–H and O–H groups in total. The number of benzene rings is 5. The van der Waals surface area contributed by atoms with Crippen LogP contribution in [0.2, 0.25) is 0 Å². The first kappa shape index (κ1) is 41.5. The molecule has 1 spiro atoms. The molecule has 0 amide bonds. The van der Waals surface area contributed by atoms with Crippen molar-refractivity contribution in [3.05, 3.63) is 167 Å². The number of fused-ring (bicyclic) bond motifs is 3. The summed E-state index contributed by atoms with van der Waals surface area (Å²) in [4.78, 5) is 10.0. The summed E-state index contributed by atoms with van der Waals surface area (Å²) in [6.45, 7) is 17.1. The second-order valence-electron chi connectivity index (χ2n) is 20.2. The van der Waals surface area contributed by atoms with E-state index in [-0.39, 0.29) is 37.3 Å². The third kappa shape index (κ3) is 7.19. The molecule has 3 aliphatic carbocycles. The maximum atomic E-state index is 6.54. The van der Waals surface area contributed by atoms with Gasteiger partial charge in [0.05, 0.1) is 0 Å². The van der Waals surface area contributed by atoms with Crippen molar-refractivity contribution < 1.29 is 25.8 Å². The first-order valence-corrected chi connectivity index (χ1v) is 22.1. The third-order valence-electron chi connectivity index (χ3n) is 15.4. The van der Waals surface area contributed by atoms with Crippen LogP contribution in [0.1, 0.15) is 108 Å². The van der Waals surface area contributed by atoms with E-state index in [0.29, 0.717) is 23.1 Å². The molecule has 1 saturated carbocycles. The molecule has 0 saturated heterocycles. The fourth-order valence-corrected chi connectivity index (χ4v) is 11.7. The van der Waals surface area contributed by atoms with Crippen molar-refractivity contribution in [2.75, 3.05) is 0 Å². The molecule has 2 heterocycles. The Balaban J connectivity index is 0.00000476. The molecule has 10 rings (SSSR count). The summed E-state index contributed by atoms with van der Waals surface area (Å²) in [5.74, 6) is 2.31. The van der Waals surface area contributed by atoms with Crippen LogP contribution in [0.25, 0.3) is 44.4 Å². The van der Waals surface area contributed by atoms with Crippen LogP contribution in [-0.4, -0.2) is 9.97 Å². The van der Waals surface area contributed by atoms with Crippen LogP contribution in [0, 0.1) is 28.9 Å². The fourth-order valence-electron chi connectivity index (χ4n) is 11.7. The predicted octanol–water partition coefficient (Wildman–Crippen LogP) is 14.7. The zero-order valence-corrected chi connectivity index (χ0v) is 38.9. The molecular weight excluding hydrogens is 924 g/mol. The smallest absolute Gasteiger partial charge is 0.422 e. The van der Waals surface area contributed by atoms with E-state index >= 15 is 0 Å². The van der Waals surface area contributed by atoms with Gasteiger partial charge in [-0.05, 0) is 140 Å². The van der Waals surface area contributed by atoms with Gasteiger partial charge in [-0.1, -0.05) is 115 Å². The summed E-state index contributed by atoms with van der Waals surface area (Å²) < 4.78 is 6.54. The first-order chi connectivity index (χ1) is 28.8. The van der Waals surface area contributed by atoms with Gasteiger partial charge < -0.3 is 4.74 Å². The molecule has 1 fully saturated rings. The van der Waals surface area contributed by atoms with E-state index in [0.717, 1.165) is 46.8 Å². The van der Waals surface area contributed by atoms with Crippen molar-refractivity contribution >= 4 is 10.8 Å². The van der Waals surface area contributed by atoms with Gasteiger partial charge in [0, 0.05) is 6.07 Å². The molecule has 5 aromatic carbocycles. The molecule has 3 nitrogen and oxygen atoms in total. The summed E-state index contributed by atoms with van der Waals surface area (Å²) in [5, 5.41) is 2.60. The number of pyridine rings is 2. The van der Waals surface area contributed by atoms with Gasteiger partial charge in [0.1, 0.15) is 0 Å². The van der Waals surface area contributed by atoms with E-state index in [1.807, 2.05) is 42.5 Å². The van der Waals surface area contributed by atoms with Crippen molar-refractivity contribution in [1.82, 2.24) is 9.97 Å². The van der Waals surface area contributed by atoms with Crippen LogP contribution >= 0.6 is 0 Å². The molecule has 4 heteroatoms. The van der Waals surface area contributed by atoms with Gasteiger partial charge in [0.25, 0.3) is 0 Å². The summed E-state index contributed by atoms with van der Waals surface area (Å²) in [6, 6.07) is 52.7. The Hall–Kier alpha value is -4.85. The topological polar surface area (TPSA) is 35.0 Å². The van der Waals surface area contributed by atoms with Crippen LogP contribution in [0.3, 0.4) is 0 Å². The van der Waals surface area contributed by atoms with Crippen LogP contribution in [0.15, 0.2) is 127 Å². The molecule has 0 unspecified atom stereocenters. The van der Waals surface area contributed by atoms with Gasteiger partial charge in [0.15, 0.2) is 0 Å². The van der Waals surface area contributed by atoms with Crippen molar-refractivity contribution in [3.63, 3.8) is 0 Å². The van der Waals surface area contributed by atoms with Crippen molar-refractivity contribution in [2.24, 2.45) is 16.7 Å². The quantitative estimate of drug-likeness (QED) is 0.156. The van der Waals surface area contributed by atoms with E-state index < -0.39 is 0 Å². The summed E-state index contributed by atoms with van der Waals surface area (Å²) in [5.41, 5.74) is 13.9. The fraction of sp³-hybridized carbons (Fsp3) is 0.333. The van der Waals surface area contributed by atoms with Gasteiger partial charge in [-0.25, -0.2) is 0 Å². The molecule has 2 aromatic heterocycles. The molecule has 3 aliphatic rings. The van der Waals surface area contributed by atoms with Crippen LogP contribution in [0.4, 0.5) is 0 Å². The van der Waals surface area contributed by atoms with Gasteiger partial charge in [-0.15, -0.1) is 71.3 Å². The Morgan fingerprint density at radius 1 is 0.574 bits per heavy atom. The number of hydrogen-bond acceptors (Lipinski definition) is 3. The zero-order valence-electron chi connectivity index (χ0n) is 36.6. The minimum Gasteiger partial charge on any atom is -0.422 e. The molecule has 0 aliphatic heterocycles. The molecule has 7 aromatic rings. The van der Waals surface area contributed by atoms with E-state index in [9.17, 15) is 0 Å². The Kier molecular flexibility index (Phi) is 10.5. The number of ether oxygens (including phenoxy) is 1. The van der Waals surface area contributed by atoms with E-state index in [4.69, 9.17) is 14.7 Å². The number of aromatic nitrogens is 2. The maximum absolute atomic E-state index is 6.54. The standard InChI is InChI=1S/C57H56N2O.Pt/c1-54(2,3)47-27-25-37(26-28-47)44-33-51(38-15-9-8-10-16-38)59-53(34-44)60-52-22-14-21-50(58-52)42-18-13-17-39(29-42)40-23-24-41-31-45-35-57(36-46(45)32-43(41)30-40)55(4,5)48-19-11-12-20-49(48)56(57,6)7;/h8-15,17,19-24,29-34,37,47H,25-28,35-36H2,1-7H3;/q-2;+2. The third-order valence-corrected chi connectivity index (χ3v) is 15.4. The van der Waals surface area contributed by atoms with Crippen LogP contribution < -0.4 is 4.74 Å². The number of nitrogens with zero attached hydrogens (tertiary/aromatic N) is 2. The second-order valence-corrected chi connectivity index (χ2v) is 20.2. The summed E-state index contributed by atoms with van der Waals surface area (Å²) >= 11 is 0. The molecule has 310 valence electrons. The van der Waals surface area contributed by atoms with Crippen molar-refractivity contribution in [2.45, 2.75) is 104 Å². The first-order valence-electron chi connectivity index (χ1n) is 22.1. The Morgan fingerprint density at radius 3 is 1.92 bits per heavy atom. The zero-order chi connectivity index (χ0) is 41.4. The van der Waals surface area contributed by atoms with Gasteiger partial charge >= 0.3 is 21.1 Å². The van der Waals surface area contributed by atoms with Gasteiger partial charge in [0.2, 0.25) is 11.8 Å². The Bertz CT molecular complexity index is 2720.